The third-order valence-electron chi connectivity index (χ3n) is 6.12. The van der Waals surface area contributed by atoms with E-state index in [2.05, 4.69) is 5.32 Å². The van der Waals surface area contributed by atoms with Gasteiger partial charge in [0.15, 0.2) is 0 Å². The number of benzene rings is 3. The molecule has 1 unspecified atom stereocenters. The molecule has 0 bridgehead atoms. The minimum atomic E-state index is -4.12. The minimum absolute atomic E-state index is 0.0648. The molecule has 3 rings (SSSR count). The zero-order chi connectivity index (χ0) is 28.6. The van der Waals surface area contributed by atoms with Crippen LogP contribution in [0.3, 0.4) is 0 Å². The summed E-state index contributed by atoms with van der Waals surface area (Å²) in [6.07, 6.45) is 0. The van der Waals surface area contributed by atoms with Crippen LogP contribution in [-0.2, 0) is 26.2 Å². The van der Waals surface area contributed by atoms with Gasteiger partial charge >= 0.3 is 0 Å². The van der Waals surface area contributed by atoms with Gasteiger partial charge in [-0.05, 0) is 76.6 Å². The molecule has 0 fully saturated rings. The first kappa shape index (κ1) is 29.7. The fraction of sp³-hybridized carbons (Fsp3) is 0.333. The van der Waals surface area contributed by atoms with Crippen LogP contribution >= 0.6 is 0 Å². The average Bonchev–Trinajstić information content (AvgIpc) is 2.91. The average molecular weight is 552 g/mol. The monoisotopic (exact) mass is 551 g/mol. The smallest absolute Gasteiger partial charge is 0.264 e. The van der Waals surface area contributed by atoms with Crippen molar-refractivity contribution in [1.82, 2.24) is 10.2 Å². The molecular weight excluding hydrogens is 514 g/mol. The zero-order valence-electron chi connectivity index (χ0n) is 23.1. The van der Waals surface area contributed by atoms with Crippen LogP contribution in [0.25, 0.3) is 0 Å². The summed E-state index contributed by atoms with van der Waals surface area (Å²) in [5.74, 6) is -0.233. The molecule has 0 aliphatic rings. The number of anilines is 1. The summed E-state index contributed by atoms with van der Waals surface area (Å²) >= 11 is 0. The van der Waals surface area contributed by atoms with Gasteiger partial charge in [0.1, 0.15) is 18.3 Å². The van der Waals surface area contributed by atoms with Crippen molar-refractivity contribution < 1.29 is 22.7 Å². The summed E-state index contributed by atoms with van der Waals surface area (Å²) in [6.45, 7) is 9.19. The fourth-order valence-electron chi connectivity index (χ4n) is 4.01. The number of carbonyl (C=O) groups is 2. The van der Waals surface area contributed by atoms with Crippen molar-refractivity contribution in [3.05, 3.63) is 90.0 Å². The van der Waals surface area contributed by atoms with Gasteiger partial charge in [0.05, 0.1) is 17.2 Å². The van der Waals surface area contributed by atoms with E-state index in [-0.39, 0.29) is 23.4 Å². The SMILES string of the molecule is CCOc1ccc(N(CC(=O)N(Cc2ccccc2)C(C)C(=O)NC(C)C)S(=O)(=O)c2ccc(C)cc2)cc1. The van der Waals surface area contributed by atoms with Gasteiger partial charge in [-0.2, -0.15) is 0 Å². The zero-order valence-corrected chi connectivity index (χ0v) is 23.9. The highest BCUT2D eigenvalue weighted by Gasteiger charge is 2.32. The number of sulfonamides is 1. The summed E-state index contributed by atoms with van der Waals surface area (Å²) in [4.78, 5) is 28.3. The Morgan fingerprint density at radius 1 is 0.897 bits per heavy atom. The lowest BCUT2D eigenvalue weighted by atomic mass is 10.1. The molecule has 0 aliphatic carbocycles. The van der Waals surface area contributed by atoms with Gasteiger partial charge in [-0.3, -0.25) is 13.9 Å². The Bertz CT molecular complexity index is 1340. The Balaban J connectivity index is 2.02. The topological polar surface area (TPSA) is 96.0 Å². The molecule has 3 aromatic rings. The van der Waals surface area contributed by atoms with E-state index in [1.165, 1.54) is 17.0 Å². The van der Waals surface area contributed by atoms with Crippen molar-refractivity contribution in [2.45, 2.75) is 58.1 Å². The summed E-state index contributed by atoms with van der Waals surface area (Å²) in [5, 5.41) is 2.85. The summed E-state index contributed by atoms with van der Waals surface area (Å²) in [7, 11) is -4.12. The maximum Gasteiger partial charge on any atom is 0.264 e. The third kappa shape index (κ3) is 7.83. The summed E-state index contributed by atoms with van der Waals surface area (Å²) in [6, 6.07) is 21.4. The van der Waals surface area contributed by atoms with E-state index < -0.39 is 28.5 Å². The van der Waals surface area contributed by atoms with Gasteiger partial charge in [-0.25, -0.2) is 8.42 Å². The predicted octanol–water partition coefficient (Wildman–Crippen LogP) is 4.53. The number of hydrogen-bond acceptors (Lipinski definition) is 5. The first-order chi connectivity index (χ1) is 18.5. The lowest BCUT2D eigenvalue weighted by molar-refractivity contribution is -0.139. The second-order valence-corrected chi connectivity index (χ2v) is 11.5. The molecule has 0 aliphatic heterocycles. The quantitative estimate of drug-likeness (QED) is 0.357. The van der Waals surface area contributed by atoms with Crippen LogP contribution in [0.15, 0.2) is 83.8 Å². The molecule has 39 heavy (non-hydrogen) atoms. The van der Waals surface area contributed by atoms with E-state index in [1.54, 1.807) is 43.3 Å². The van der Waals surface area contributed by atoms with Crippen molar-refractivity contribution in [3.8, 4) is 5.75 Å². The lowest BCUT2D eigenvalue weighted by Crippen LogP contribution is -2.52. The first-order valence-corrected chi connectivity index (χ1v) is 14.4. The fourth-order valence-corrected chi connectivity index (χ4v) is 5.42. The molecule has 3 aromatic carbocycles. The highest BCUT2D eigenvalue weighted by Crippen LogP contribution is 2.27. The Kier molecular flexibility index (Phi) is 10.1. The second-order valence-electron chi connectivity index (χ2n) is 9.60. The van der Waals surface area contributed by atoms with Crippen LogP contribution < -0.4 is 14.4 Å². The van der Waals surface area contributed by atoms with Crippen molar-refractivity contribution in [1.29, 1.82) is 0 Å². The molecule has 1 atom stereocenters. The number of nitrogens with one attached hydrogen (secondary N) is 1. The third-order valence-corrected chi connectivity index (χ3v) is 7.91. The molecule has 0 heterocycles. The van der Waals surface area contributed by atoms with Crippen LogP contribution in [0.1, 0.15) is 38.8 Å². The van der Waals surface area contributed by atoms with E-state index in [0.29, 0.717) is 18.0 Å². The Hall–Kier alpha value is -3.85. The molecule has 0 radical (unpaired) electrons. The van der Waals surface area contributed by atoms with Gasteiger partial charge in [0, 0.05) is 12.6 Å². The van der Waals surface area contributed by atoms with Gasteiger partial charge in [0.2, 0.25) is 11.8 Å². The molecular formula is C30H37N3O5S. The normalized spacial score (nSPS) is 12.1. The minimum Gasteiger partial charge on any atom is -0.494 e. The summed E-state index contributed by atoms with van der Waals surface area (Å²) < 4.78 is 34.3. The van der Waals surface area contributed by atoms with Gasteiger partial charge < -0.3 is 15.0 Å². The predicted molar refractivity (Wildman–Crippen MR) is 153 cm³/mol. The Morgan fingerprint density at radius 3 is 2.08 bits per heavy atom. The van der Waals surface area contributed by atoms with E-state index in [0.717, 1.165) is 15.4 Å². The maximum atomic E-state index is 13.9. The van der Waals surface area contributed by atoms with E-state index in [9.17, 15) is 18.0 Å². The standard InChI is InChI=1S/C30H37N3O5S/c1-6-38-27-16-14-26(15-17-27)33(39(36,37)28-18-12-23(4)13-19-28)21-29(34)32(20-25-10-8-7-9-11-25)24(5)30(35)31-22(2)3/h7-19,22,24H,6,20-21H2,1-5H3,(H,31,35). The number of rotatable bonds is 12. The van der Waals surface area contributed by atoms with Crippen LogP contribution in [0.5, 0.6) is 5.75 Å². The van der Waals surface area contributed by atoms with Crippen LogP contribution in [-0.4, -0.2) is 50.4 Å². The van der Waals surface area contributed by atoms with Crippen molar-refractivity contribution in [2.75, 3.05) is 17.5 Å². The molecule has 8 nitrogen and oxygen atoms in total. The van der Waals surface area contributed by atoms with Crippen LogP contribution in [0.4, 0.5) is 5.69 Å². The first-order valence-electron chi connectivity index (χ1n) is 13.0. The van der Waals surface area contributed by atoms with E-state index >= 15 is 0 Å². The maximum absolute atomic E-state index is 13.9. The number of carbonyl (C=O) groups excluding carboxylic acids is 2. The molecule has 208 valence electrons. The van der Waals surface area contributed by atoms with Gasteiger partial charge in [-0.15, -0.1) is 0 Å². The van der Waals surface area contributed by atoms with Crippen molar-refractivity contribution in [2.24, 2.45) is 0 Å². The number of hydrogen-bond donors (Lipinski definition) is 1. The molecule has 9 heteroatoms. The summed E-state index contributed by atoms with van der Waals surface area (Å²) in [5.41, 5.74) is 2.05. The number of ether oxygens (including phenoxy) is 1. The van der Waals surface area contributed by atoms with Crippen LogP contribution in [0.2, 0.25) is 0 Å². The molecule has 0 aromatic heterocycles. The highest BCUT2D eigenvalue weighted by atomic mass is 32.2. The van der Waals surface area contributed by atoms with Crippen molar-refractivity contribution >= 4 is 27.5 Å². The lowest BCUT2D eigenvalue weighted by Gasteiger charge is -2.32. The second kappa shape index (κ2) is 13.3. The molecule has 1 N–H and O–H groups in total. The largest absolute Gasteiger partial charge is 0.494 e. The number of amides is 2. The number of nitrogens with zero attached hydrogens (tertiary/aromatic N) is 2. The molecule has 0 spiro atoms. The Labute approximate surface area is 231 Å². The Morgan fingerprint density at radius 2 is 1.51 bits per heavy atom. The van der Waals surface area contributed by atoms with Crippen LogP contribution in [0, 0.1) is 6.92 Å². The number of aryl methyl sites for hydroxylation is 1. The molecule has 2 amide bonds. The van der Waals surface area contributed by atoms with E-state index in [1.807, 2.05) is 58.0 Å². The van der Waals surface area contributed by atoms with Gasteiger partial charge in [0.25, 0.3) is 10.0 Å². The highest BCUT2D eigenvalue weighted by molar-refractivity contribution is 7.92. The van der Waals surface area contributed by atoms with Crippen molar-refractivity contribution in [3.63, 3.8) is 0 Å². The molecule has 0 saturated heterocycles. The molecule has 0 saturated carbocycles. The van der Waals surface area contributed by atoms with Gasteiger partial charge in [-0.1, -0.05) is 48.0 Å². The van der Waals surface area contributed by atoms with E-state index in [4.69, 9.17) is 4.74 Å².